The third kappa shape index (κ3) is 4.54. The Labute approximate surface area is 164 Å². The van der Waals surface area contributed by atoms with Crippen molar-refractivity contribution in [2.75, 3.05) is 31.7 Å². The van der Waals surface area contributed by atoms with E-state index in [0.717, 1.165) is 50.2 Å². The van der Waals surface area contributed by atoms with E-state index in [9.17, 15) is 4.79 Å². The van der Waals surface area contributed by atoms with Crippen LogP contribution in [-0.2, 0) is 9.47 Å². The number of carbonyl (C=O) groups is 1. The topological polar surface area (TPSA) is 82.8 Å². The fraction of sp³-hybridized carbons (Fsp3) is 0.524. The van der Waals surface area contributed by atoms with Crippen LogP contribution in [0.1, 0.15) is 53.5 Å². The molecule has 7 nitrogen and oxygen atoms in total. The molecule has 0 unspecified atom stereocenters. The quantitative estimate of drug-likeness (QED) is 0.844. The Bertz CT molecular complexity index is 807. The van der Waals surface area contributed by atoms with Gasteiger partial charge < -0.3 is 23.9 Å². The molecule has 2 aliphatic rings. The van der Waals surface area contributed by atoms with Gasteiger partial charge in [-0.2, -0.15) is 0 Å². The summed E-state index contributed by atoms with van der Waals surface area (Å²) in [6.45, 7) is 4.87. The molecular formula is C21H26N2O5. The van der Waals surface area contributed by atoms with Gasteiger partial charge in [0.1, 0.15) is 18.1 Å². The van der Waals surface area contributed by atoms with E-state index in [2.05, 4.69) is 10.3 Å². The summed E-state index contributed by atoms with van der Waals surface area (Å²) >= 11 is 0. The van der Waals surface area contributed by atoms with Gasteiger partial charge in [-0.3, -0.25) is 4.79 Å². The molecule has 150 valence electrons. The molecule has 2 fully saturated rings. The molecule has 0 bridgehead atoms. The number of benzene rings is 1. The highest BCUT2D eigenvalue weighted by molar-refractivity contribution is 6.02. The molecule has 1 N–H and O–H groups in total. The predicted octanol–water partition coefficient (Wildman–Crippen LogP) is 3.69. The Kier molecular flexibility index (Phi) is 5.92. The van der Waals surface area contributed by atoms with E-state index in [4.69, 9.17) is 18.6 Å². The number of hydrogen-bond acceptors (Lipinski definition) is 6. The van der Waals surface area contributed by atoms with Crippen molar-refractivity contribution >= 4 is 11.6 Å². The number of oxazole rings is 1. The van der Waals surface area contributed by atoms with Crippen molar-refractivity contribution in [1.29, 1.82) is 0 Å². The largest absolute Gasteiger partial charge is 0.490 e. The number of anilines is 1. The molecule has 4 rings (SSSR count). The van der Waals surface area contributed by atoms with E-state index in [0.29, 0.717) is 30.5 Å². The first-order valence-corrected chi connectivity index (χ1v) is 9.88. The van der Waals surface area contributed by atoms with Crippen LogP contribution in [0.4, 0.5) is 5.69 Å². The summed E-state index contributed by atoms with van der Waals surface area (Å²) in [4.78, 5) is 16.9. The van der Waals surface area contributed by atoms with E-state index in [1.54, 1.807) is 0 Å². The second-order valence-corrected chi connectivity index (χ2v) is 7.32. The lowest BCUT2D eigenvalue weighted by Crippen LogP contribution is -2.26. The lowest BCUT2D eigenvalue weighted by Gasteiger charge is -2.24. The number of nitrogens with one attached hydrogen (secondary N) is 1. The monoisotopic (exact) mass is 386 g/mol. The van der Waals surface area contributed by atoms with Gasteiger partial charge in [-0.25, -0.2) is 4.98 Å². The number of aromatic nitrogens is 1. The lowest BCUT2D eigenvalue weighted by molar-refractivity contribution is 0.0253. The van der Waals surface area contributed by atoms with E-state index < -0.39 is 0 Å². The Morgan fingerprint density at radius 2 is 1.82 bits per heavy atom. The first kappa shape index (κ1) is 19.0. The Hall–Kier alpha value is -2.38. The van der Waals surface area contributed by atoms with Crippen LogP contribution in [0.3, 0.4) is 0 Å². The van der Waals surface area contributed by atoms with Crippen molar-refractivity contribution in [3.63, 3.8) is 0 Å². The molecule has 0 radical (unpaired) electrons. The summed E-state index contributed by atoms with van der Waals surface area (Å²) in [5.74, 6) is 1.40. The Morgan fingerprint density at radius 1 is 1.11 bits per heavy atom. The average Bonchev–Trinajstić information content (AvgIpc) is 3.22. The molecule has 0 saturated carbocycles. The van der Waals surface area contributed by atoms with Gasteiger partial charge in [0.2, 0.25) is 0 Å². The van der Waals surface area contributed by atoms with Crippen LogP contribution < -0.4 is 10.1 Å². The third-order valence-electron chi connectivity index (χ3n) is 5.22. The van der Waals surface area contributed by atoms with E-state index in [-0.39, 0.29) is 17.9 Å². The zero-order chi connectivity index (χ0) is 19.3. The highest BCUT2D eigenvalue weighted by atomic mass is 16.5. The molecule has 0 spiro atoms. The maximum Gasteiger partial charge on any atom is 0.277 e. The standard InChI is InChI=1S/C21H26N2O5/c1-14-12-16(2-3-19(14)28-17-6-10-26-11-7-17)22-20(24)18-13-27-21(23-18)15-4-8-25-9-5-15/h2-3,12-13,15,17H,4-11H2,1H3,(H,22,24). The van der Waals surface area contributed by atoms with Gasteiger partial charge in [-0.15, -0.1) is 0 Å². The molecule has 1 amide bonds. The molecule has 1 aromatic heterocycles. The summed E-state index contributed by atoms with van der Waals surface area (Å²) in [6, 6.07) is 5.65. The fourth-order valence-electron chi connectivity index (χ4n) is 3.55. The van der Waals surface area contributed by atoms with Crippen molar-refractivity contribution in [2.45, 2.75) is 44.6 Å². The average molecular weight is 386 g/mol. The molecule has 3 heterocycles. The van der Waals surface area contributed by atoms with Crippen LogP contribution in [0.2, 0.25) is 0 Å². The number of rotatable bonds is 5. The molecule has 7 heteroatoms. The number of amides is 1. The number of hydrogen-bond donors (Lipinski definition) is 1. The summed E-state index contributed by atoms with van der Waals surface area (Å²) in [5.41, 5.74) is 1.98. The Balaban J connectivity index is 1.37. The number of nitrogens with zero attached hydrogens (tertiary/aromatic N) is 1. The van der Waals surface area contributed by atoms with Crippen molar-refractivity contribution in [3.8, 4) is 5.75 Å². The maximum atomic E-state index is 12.5. The SMILES string of the molecule is Cc1cc(NC(=O)c2coc(C3CCOCC3)n2)ccc1OC1CCOCC1. The second-order valence-electron chi connectivity index (χ2n) is 7.32. The fourth-order valence-corrected chi connectivity index (χ4v) is 3.55. The Morgan fingerprint density at radius 3 is 2.54 bits per heavy atom. The number of carbonyl (C=O) groups excluding carboxylic acids is 1. The first-order valence-electron chi connectivity index (χ1n) is 9.88. The minimum Gasteiger partial charge on any atom is -0.490 e. The molecule has 0 aliphatic carbocycles. The highest BCUT2D eigenvalue weighted by Crippen LogP contribution is 2.27. The molecule has 28 heavy (non-hydrogen) atoms. The third-order valence-corrected chi connectivity index (χ3v) is 5.22. The molecule has 0 atom stereocenters. The van der Waals surface area contributed by atoms with Gasteiger partial charge in [-0.1, -0.05) is 0 Å². The maximum absolute atomic E-state index is 12.5. The van der Waals surface area contributed by atoms with Crippen LogP contribution in [0, 0.1) is 6.92 Å². The van der Waals surface area contributed by atoms with Gasteiger partial charge in [0.15, 0.2) is 11.6 Å². The summed E-state index contributed by atoms with van der Waals surface area (Å²) in [6.07, 6.45) is 5.16. The van der Waals surface area contributed by atoms with Gasteiger partial charge in [-0.05, 0) is 43.5 Å². The van der Waals surface area contributed by atoms with Crippen molar-refractivity contribution in [3.05, 3.63) is 41.6 Å². The van der Waals surface area contributed by atoms with Crippen LogP contribution in [0.25, 0.3) is 0 Å². The van der Waals surface area contributed by atoms with Crippen LogP contribution in [0.15, 0.2) is 28.9 Å². The highest BCUT2D eigenvalue weighted by Gasteiger charge is 2.23. The normalized spacial score (nSPS) is 18.8. The summed E-state index contributed by atoms with van der Waals surface area (Å²) in [5, 5.41) is 2.88. The second kappa shape index (κ2) is 8.75. The van der Waals surface area contributed by atoms with Crippen molar-refractivity contribution < 1.29 is 23.4 Å². The molecule has 2 saturated heterocycles. The van der Waals surface area contributed by atoms with E-state index >= 15 is 0 Å². The van der Waals surface area contributed by atoms with Gasteiger partial charge >= 0.3 is 0 Å². The van der Waals surface area contributed by atoms with Crippen LogP contribution >= 0.6 is 0 Å². The number of aryl methyl sites for hydroxylation is 1. The zero-order valence-electron chi connectivity index (χ0n) is 16.1. The number of ether oxygens (including phenoxy) is 3. The van der Waals surface area contributed by atoms with Crippen molar-refractivity contribution in [1.82, 2.24) is 4.98 Å². The molecule has 2 aromatic rings. The minimum absolute atomic E-state index is 0.187. The van der Waals surface area contributed by atoms with Crippen LogP contribution in [0.5, 0.6) is 5.75 Å². The van der Waals surface area contributed by atoms with Gasteiger partial charge in [0.25, 0.3) is 5.91 Å². The predicted molar refractivity (Wildman–Crippen MR) is 103 cm³/mol. The molecule has 1 aromatic carbocycles. The van der Waals surface area contributed by atoms with Gasteiger partial charge in [0.05, 0.1) is 13.2 Å². The summed E-state index contributed by atoms with van der Waals surface area (Å²) < 4.78 is 22.3. The lowest BCUT2D eigenvalue weighted by atomic mass is 10.0. The first-order chi connectivity index (χ1) is 13.7. The smallest absolute Gasteiger partial charge is 0.277 e. The van der Waals surface area contributed by atoms with E-state index in [1.807, 2.05) is 25.1 Å². The van der Waals surface area contributed by atoms with E-state index in [1.165, 1.54) is 6.26 Å². The van der Waals surface area contributed by atoms with Crippen LogP contribution in [-0.4, -0.2) is 43.4 Å². The molecule has 2 aliphatic heterocycles. The zero-order valence-corrected chi connectivity index (χ0v) is 16.1. The summed E-state index contributed by atoms with van der Waals surface area (Å²) in [7, 11) is 0. The minimum atomic E-state index is -0.278. The van der Waals surface area contributed by atoms with Crippen molar-refractivity contribution in [2.24, 2.45) is 0 Å². The van der Waals surface area contributed by atoms with Gasteiger partial charge in [0, 0.05) is 37.7 Å². The molecular weight excluding hydrogens is 360 g/mol.